The summed E-state index contributed by atoms with van der Waals surface area (Å²) in [6.45, 7) is 0. The van der Waals surface area contributed by atoms with Crippen molar-refractivity contribution in [2.24, 2.45) is 0 Å². The van der Waals surface area contributed by atoms with E-state index >= 15 is 0 Å². The summed E-state index contributed by atoms with van der Waals surface area (Å²) in [7, 11) is -3.83. The first kappa shape index (κ1) is 17.0. The lowest BCUT2D eigenvalue weighted by molar-refractivity contribution is -0.385. The highest BCUT2D eigenvalue weighted by molar-refractivity contribution is 7.90. The van der Waals surface area contributed by atoms with Gasteiger partial charge >= 0.3 is 6.09 Å². The maximum Gasteiger partial charge on any atom is 0.439 e. The van der Waals surface area contributed by atoms with Crippen LogP contribution in [0, 0.1) is 10.1 Å². The summed E-state index contributed by atoms with van der Waals surface area (Å²) in [6.07, 6.45) is -1.50. The zero-order valence-electron chi connectivity index (χ0n) is 10.3. The number of methoxy groups -OCH3 is 1. The average molecular weight is 339 g/mol. The van der Waals surface area contributed by atoms with Crippen LogP contribution in [0.15, 0.2) is 29.2 Å². The highest BCUT2D eigenvalue weighted by Crippen LogP contribution is 2.20. The predicted octanol–water partition coefficient (Wildman–Crippen LogP) is -0.00680. The minimum Gasteiger partial charge on any atom is -0.451 e. The van der Waals surface area contributed by atoms with Gasteiger partial charge < -0.3 is 4.74 Å². The number of carbonyl (C=O) groups excluding carboxylic acids is 1. The molecule has 1 aromatic rings. The smallest absolute Gasteiger partial charge is 0.439 e. The van der Waals surface area contributed by atoms with Gasteiger partial charge in [-0.1, -0.05) is 6.07 Å². The number of rotatable bonds is 5. The summed E-state index contributed by atoms with van der Waals surface area (Å²) in [5.74, 6) is 0. The second kappa shape index (κ2) is 6.57. The van der Waals surface area contributed by atoms with Crippen LogP contribution in [0.3, 0.4) is 0 Å². The summed E-state index contributed by atoms with van der Waals surface area (Å²) in [6, 6.07) is 3.78. The third kappa shape index (κ3) is 3.94. The third-order valence-corrected chi connectivity index (χ3v) is 4.09. The lowest BCUT2D eigenvalue weighted by Gasteiger charge is -2.19. The van der Waals surface area contributed by atoms with Crippen LogP contribution >= 0.6 is 0 Å². The van der Waals surface area contributed by atoms with Crippen molar-refractivity contribution < 1.29 is 31.6 Å². The zero-order chi connectivity index (χ0) is 16.2. The molecule has 1 atom stereocenters. The van der Waals surface area contributed by atoms with E-state index < -0.39 is 42.9 Å². The molecule has 2 N–H and O–H groups in total. The molecule has 13 heteroatoms. The lowest BCUT2D eigenvalue weighted by atomic mass is 10.3. The normalized spacial score (nSPS) is 12.5. The van der Waals surface area contributed by atoms with Crippen molar-refractivity contribution in [2.45, 2.75) is 4.90 Å². The Morgan fingerprint density at radius 2 is 2.14 bits per heavy atom. The molecule has 1 amide bonds. The van der Waals surface area contributed by atoms with Crippen molar-refractivity contribution in [3.8, 4) is 0 Å². The Hall–Kier alpha value is -2.09. The number of hydrogen-bond donors (Lipinski definition) is 2. The average Bonchev–Trinajstić information content (AvgIpc) is 2.43. The number of hydrazine groups is 1. The molecule has 11 nitrogen and oxygen atoms in total. The predicted molar refractivity (Wildman–Crippen MR) is 68.4 cm³/mol. The highest BCUT2D eigenvalue weighted by Gasteiger charge is 2.32. The first-order valence-corrected chi connectivity index (χ1v) is 7.49. The standard InChI is InChI=1S/C8H9N3O8S2/c1-19-8(12)10(9-20(15)16)21(17,18)7-4-2-3-6(5-7)11(13)14/h2-5,9H,1H3,(H,15,16). The Bertz CT molecular complexity index is 689. The number of nitro groups is 1. The van der Waals surface area contributed by atoms with Gasteiger partial charge in [0.2, 0.25) is 0 Å². The number of benzene rings is 1. The SMILES string of the molecule is COC(=O)N(NS(=O)O)S(=O)(=O)c1cccc([N+](=O)[O-])c1. The van der Waals surface area contributed by atoms with Gasteiger partial charge in [-0.3, -0.25) is 14.7 Å². The van der Waals surface area contributed by atoms with Crippen LogP contribution in [0.5, 0.6) is 0 Å². The van der Waals surface area contributed by atoms with Gasteiger partial charge in [0.15, 0.2) is 0 Å². The van der Waals surface area contributed by atoms with Crippen molar-refractivity contribution >= 4 is 33.1 Å². The monoisotopic (exact) mass is 339 g/mol. The molecule has 0 bridgehead atoms. The molecule has 1 rings (SSSR count). The van der Waals surface area contributed by atoms with Gasteiger partial charge in [0, 0.05) is 12.1 Å². The molecule has 0 aromatic heterocycles. The van der Waals surface area contributed by atoms with Crippen molar-refractivity contribution in [1.82, 2.24) is 9.25 Å². The Kier molecular flexibility index (Phi) is 5.31. The number of ether oxygens (including phenoxy) is 1. The van der Waals surface area contributed by atoms with E-state index in [1.54, 1.807) is 0 Å². The molecule has 0 fully saturated rings. The second-order valence-corrected chi connectivity index (χ2v) is 5.80. The van der Waals surface area contributed by atoms with Crippen LogP contribution < -0.4 is 4.83 Å². The third-order valence-electron chi connectivity index (χ3n) is 2.07. The minimum absolute atomic E-state index is 0.234. The van der Waals surface area contributed by atoms with Gasteiger partial charge in [-0.15, -0.1) is 9.25 Å². The van der Waals surface area contributed by atoms with Gasteiger partial charge in [0.1, 0.15) is 0 Å². The van der Waals surface area contributed by atoms with Crippen LogP contribution in [0.25, 0.3) is 0 Å². The van der Waals surface area contributed by atoms with Gasteiger partial charge in [-0.05, 0) is 6.07 Å². The van der Waals surface area contributed by atoms with Gasteiger partial charge in [-0.2, -0.15) is 8.42 Å². The molecule has 0 spiro atoms. The molecule has 1 unspecified atom stereocenters. The summed E-state index contributed by atoms with van der Waals surface area (Å²) in [4.78, 5) is 22.0. The van der Waals surface area contributed by atoms with Crippen LogP contribution in [0.4, 0.5) is 10.5 Å². The van der Waals surface area contributed by atoms with E-state index in [-0.39, 0.29) is 4.41 Å². The lowest BCUT2D eigenvalue weighted by Crippen LogP contribution is -2.47. The number of hydrogen-bond acceptors (Lipinski definition) is 7. The van der Waals surface area contributed by atoms with Crippen LogP contribution in [-0.2, 0) is 26.0 Å². The fraction of sp³-hybridized carbons (Fsp3) is 0.125. The number of carbonyl (C=O) groups is 1. The maximum atomic E-state index is 12.1. The van der Waals surface area contributed by atoms with E-state index in [0.29, 0.717) is 6.07 Å². The Morgan fingerprint density at radius 1 is 1.52 bits per heavy atom. The molecule has 0 saturated heterocycles. The van der Waals surface area contributed by atoms with E-state index in [9.17, 15) is 27.5 Å². The molecule has 21 heavy (non-hydrogen) atoms. The summed E-state index contributed by atoms with van der Waals surface area (Å²) < 4.78 is 47.5. The van der Waals surface area contributed by atoms with Crippen LogP contribution in [0.1, 0.15) is 0 Å². The van der Waals surface area contributed by atoms with Crippen molar-refractivity contribution in [1.29, 1.82) is 0 Å². The summed E-state index contributed by atoms with van der Waals surface area (Å²) in [5.41, 5.74) is -0.536. The van der Waals surface area contributed by atoms with Gasteiger partial charge in [-0.25, -0.2) is 9.00 Å². The van der Waals surface area contributed by atoms with Crippen molar-refractivity contribution in [2.75, 3.05) is 7.11 Å². The van der Waals surface area contributed by atoms with Crippen LogP contribution in [0.2, 0.25) is 0 Å². The van der Waals surface area contributed by atoms with Gasteiger partial charge in [0.05, 0.1) is 16.9 Å². The fourth-order valence-corrected chi connectivity index (χ4v) is 3.00. The van der Waals surface area contributed by atoms with E-state index in [2.05, 4.69) is 4.74 Å². The molecular formula is C8H9N3O8S2. The molecule has 116 valence electrons. The zero-order valence-corrected chi connectivity index (χ0v) is 12.0. The first-order chi connectivity index (χ1) is 9.70. The number of non-ortho nitro benzene ring substituents is 1. The highest BCUT2D eigenvalue weighted by atomic mass is 32.2. The number of amides is 1. The van der Waals surface area contributed by atoms with Crippen LogP contribution in [-0.4, -0.2) is 39.7 Å². The van der Waals surface area contributed by atoms with Crippen molar-refractivity contribution in [3.05, 3.63) is 34.4 Å². The molecule has 0 saturated carbocycles. The number of nitro benzene ring substituents is 1. The topological polar surface area (TPSA) is 156 Å². The Morgan fingerprint density at radius 3 is 2.62 bits per heavy atom. The van der Waals surface area contributed by atoms with E-state index in [4.69, 9.17) is 4.55 Å². The maximum absolute atomic E-state index is 12.1. The Balaban J connectivity index is 3.34. The summed E-state index contributed by atoms with van der Waals surface area (Å²) >= 11 is -2.89. The van der Waals surface area contributed by atoms with E-state index in [1.807, 2.05) is 0 Å². The molecule has 0 heterocycles. The molecular weight excluding hydrogens is 330 g/mol. The molecule has 0 aliphatic carbocycles. The van der Waals surface area contributed by atoms with E-state index in [0.717, 1.165) is 25.3 Å². The largest absolute Gasteiger partial charge is 0.451 e. The summed E-state index contributed by atoms with van der Waals surface area (Å²) in [5, 5.41) is 10.6. The minimum atomic E-state index is -4.67. The molecule has 0 aliphatic heterocycles. The number of sulfonamides is 1. The second-order valence-electron chi connectivity index (χ2n) is 3.33. The number of nitrogens with one attached hydrogen (secondary N) is 1. The Labute approximate surface area is 121 Å². The van der Waals surface area contributed by atoms with Gasteiger partial charge in [0.25, 0.3) is 27.0 Å². The molecule has 0 radical (unpaired) electrons. The fourth-order valence-electron chi connectivity index (χ4n) is 1.20. The van der Waals surface area contributed by atoms with E-state index in [1.165, 1.54) is 4.83 Å². The first-order valence-electron chi connectivity index (χ1n) is 4.95. The van der Waals surface area contributed by atoms with Crippen molar-refractivity contribution in [3.63, 3.8) is 0 Å². The number of nitrogens with zero attached hydrogens (tertiary/aromatic N) is 2. The molecule has 1 aromatic carbocycles. The quantitative estimate of drug-likeness (QED) is 0.431. The molecule has 0 aliphatic rings.